The van der Waals surface area contributed by atoms with Crippen LogP contribution in [0.4, 0.5) is 5.82 Å². The Bertz CT molecular complexity index is 445. The van der Waals surface area contributed by atoms with Crippen molar-refractivity contribution in [3.63, 3.8) is 0 Å². The normalized spacial score (nSPS) is 16.7. The standard InChI is InChI=1S/C10H11N3S/c1-2-6-13(5-1)9-4-3-8-10(12-9)11-7-14-8/h3-4,7H,1-2,5-6H2. The predicted molar refractivity (Wildman–Crippen MR) is 58.9 cm³/mol. The van der Waals surface area contributed by atoms with Crippen molar-refractivity contribution in [2.75, 3.05) is 18.0 Å². The van der Waals surface area contributed by atoms with Crippen molar-refractivity contribution in [2.45, 2.75) is 12.8 Å². The Kier molecular flexibility index (Phi) is 1.87. The van der Waals surface area contributed by atoms with Crippen molar-refractivity contribution >= 4 is 27.5 Å². The Morgan fingerprint density at radius 3 is 2.93 bits per heavy atom. The Morgan fingerprint density at radius 2 is 2.07 bits per heavy atom. The van der Waals surface area contributed by atoms with Crippen molar-refractivity contribution in [1.82, 2.24) is 9.97 Å². The fourth-order valence-electron chi connectivity index (χ4n) is 1.87. The third kappa shape index (κ3) is 1.26. The smallest absolute Gasteiger partial charge is 0.172 e. The second-order valence-electron chi connectivity index (χ2n) is 3.54. The number of pyridine rings is 1. The Balaban J connectivity index is 2.04. The molecular weight excluding hydrogens is 194 g/mol. The molecule has 0 N–H and O–H groups in total. The molecule has 0 radical (unpaired) electrons. The third-order valence-corrected chi connectivity index (χ3v) is 3.39. The van der Waals surface area contributed by atoms with Gasteiger partial charge in [-0.05, 0) is 25.0 Å². The molecule has 0 amide bonds. The molecule has 2 aromatic heterocycles. The Morgan fingerprint density at radius 1 is 1.21 bits per heavy atom. The third-order valence-electron chi connectivity index (χ3n) is 2.61. The lowest BCUT2D eigenvalue weighted by Crippen LogP contribution is -2.18. The van der Waals surface area contributed by atoms with E-state index in [-0.39, 0.29) is 0 Å². The van der Waals surface area contributed by atoms with Crippen LogP contribution in [0.15, 0.2) is 17.6 Å². The zero-order valence-corrected chi connectivity index (χ0v) is 8.63. The van der Waals surface area contributed by atoms with Gasteiger partial charge in [-0.3, -0.25) is 0 Å². The maximum atomic E-state index is 4.54. The van der Waals surface area contributed by atoms with E-state index < -0.39 is 0 Å². The van der Waals surface area contributed by atoms with Crippen molar-refractivity contribution < 1.29 is 0 Å². The van der Waals surface area contributed by atoms with Gasteiger partial charge in [-0.15, -0.1) is 11.3 Å². The van der Waals surface area contributed by atoms with E-state index >= 15 is 0 Å². The first-order valence-electron chi connectivity index (χ1n) is 4.89. The minimum Gasteiger partial charge on any atom is -0.357 e. The van der Waals surface area contributed by atoms with Crippen LogP contribution >= 0.6 is 11.3 Å². The van der Waals surface area contributed by atoms with E-state index in [0.29, 0.717) is 0 Å². The van der Waals surface area contributed by atoms with Gasteiger partial charge >= 0.3 is 0 Å². The van der Waals surface area contributed by atoms with Crippen molar-refractivity contribution in [2.24, 2.45) is 0 Å². The average Bonchev–Trinajstić information content (AvgIpc) is 2.88. The molecule has 1 fully saturated rings. The van der Waals surface area contributed by atoms with Gasteiger partial charge in [-0.2, -0.15) is 0 Å². The van der Waals surface area contributed by atoms with Crippen LogP contribution in [-0.4, -0.2) is 23.1 Å². The number of aromatic nitrogens is 2. The summed E-state index contributed by atoms with van der Waals surface area (Å²) in [5, 5.41) is 0. The van der Waals surface area contributed by atoms with E-state index in [0.717, 1.165) is 24.6 Å². The molecule has 0 bridgehead atoms. The molecule has 1 saturated heterocycles. The van der Waals surface area contributed by atoms with Crippen LogP contribution in [0.5, 0.6) is 0 Å². The summed E-state index contributed by atoms with van der Waals surface area (Å²) < 4.78 is 1.17. The second-order valence-corrected chi connectivity index (χ2v) is 4.42. The summed E-state index contributed by atoms with van der Waals surface area (Å²) in [6, 6.07) is 4.22. The summed E-state index contributed by atoms with van der Waals surface area (Å²) in [5.41, 5.74) is 2.74. The molecule has 3 heterocycles. The topological polar surface area (TPSA) is 29.0 Å². The summed E-state index contributed by atoms with van der Waals surface area (Å²) in [6.45, 7) is 2.28. The van der Waals surface area contributed by atoms with Crippen molar-refractivity contribution in [3.8, 4) is 0 Å². The van der Waals surface area contributed by atoms with Gasteiger partial charge in [-0.25, -0.2) is 9.97 Å². The molecule has 0 atom stereocenters. The maximum absolute atomic E-state index is 4.54. The van der Waals surface area contributed by atoms with Gasteiger partial charge in [0.2, 0.25) is 0 Å². The van der Waals surface area contributed by atoms with Gasteiger partial charge in [0.1, 0.15) is 5.82 Å². The zero-order chi connectivity index (χ0) is 9.38. The predicted octanol–water partition coefficient (Wildman–Crippen LogP) is 2.29. The monoisotopic (exact) mass is 205 g/mol. The van der Waals surface area contributed by atoms with E-state index in [9.17, 15) is 0 Å². The molecule has 3 nitrogen and oxygen atoms in total. The molecule has 72 valence electrons. The highest BCUT2D eigenvalue weighted by atomic mass is 32.1. The van der Waals surface area contributed by atoms with Gasteiger partial charge in [0.25, 0.3) is 0 Å². The fourth-order valence-corrected chi connectivity index (χ4v) is 2.48. The largest absolute Gasteiger partial charge is 0.357 e. The van der Waals surface area contributed by atoms with Crippen molar-refractivity contribution in [1.29, 1.82) is 0 Å². The number of nitrogens with zero attached hydrogens (tertiary/aromatic N) is 3. The van der Waals surface area contributed by atoms with Crippen LogP contribution in [0.3, 0.4) is 0 Å². The summed E-state index contributed by atoms with van der Waals surface area (Å²) in [4.78, 5) is 11.1. The molecule has 0 unspecified atom stereocenters. The summed E-state index contributed by atoms with van der Waals surface area (Å²) in [6.07, 6.45) is 2.58. The van der Waals surface area contributed by atoms with E-state index in [1.165, 1.54) is 17.5 Å². The van der Waals surface area contributed by atoms with E-state index in [4.69, 9.17) is 0 Å². The lowest BCUT2D eigenvalue weighted by atomic mass is 10.4. The molecule has 1 aliphatic heterocycles. The Labute approximate surface area is 86.4 Å². The Hall–Kier alpha value is -1.16. The molecule has 0 aliphatic carbocycles. The van der Waals surface area contributed by atoms with Crippen LogP contribution in [0.25, 0.3) is 10.3 Å². The molecule has 0 saturated carbocycles. The average molecular weight is 205 g/mol. The van der Waals surface area contributed by atoms with Crippen molar-refractivity contribution in [3.05, 3.63) is 17.6 Å². The highest BCUT2D eigenvalue weighted by molar-refractivity contribution is 7.16. The van der Waals surface area contributed by atoms with Crippen LogP contribution in [0.1, 0.15) is 12.8 Å². The minimum atomic E-state index is 0.888. The minimum absolute atomic E-state index is 0.888. The van der Waals surface area contributed by atoms with E-state index in [2.05, 4.69) is 27.0 Å². The van der Waals surface area contributed by atoms with Crippen LogP contribution in [-0.2, 0) is 0 Å². The van der Waals surface area contributed by atoms with Crippen LogP contribution in [0.2, 0.25) is 0 Å². The highest BCUT2D eigenvalue weighted by Gasteiger charge is 2.13. The number of anilines is 1. The maximum Gasteiger partial charge on any atom is 0.172 e. The quantitative estimate of drug-likeness (QED) is 0.715. The number of fused-ring (bicyclic) bond motifs is 1. The molecule has 1 aliphatic rings. The molecular formula is C10H11N3S. The number of hydrogen-bond donors (Lipinski definition) is 0. The molecule has 0 aromatic carbocycles. The van der Waals surface area contributed by atoms with Gasteiger partial charge in [0, 0.05) is 13.1 Å². The highest BCUT2D eigenvalue weighted by Crippen LogP contribution is 2.22. The lowest BCUT2D eigenvalue weighted by molar-refractivity contribution is 0.942. The summed E-state index contributed by atoms with van der Waals surface area (Å²) in [5.74, 6) is 1.08. The summed E-state index contributed by atoms with van der Waals surface area (Å²) >= 11 is 1.65. The first kappa shape index (κ1) is 8.17. The summed E-state index contributed by atoms with van der Waals surface area (Å²) in [7, 11) is 0. The van der Waals surface area contributed by atoms with Gasteiger partial charge in [0.05, 0.1) is 10.2 Å². The zero-order valence-electron chi connectivity index (χ0n) is 7.81. The SMILES string of the molecule is c1nc2nc(N3CCCC3)ccc2s1. The molecule has 3 rings (SSSR count). The molecule has 4 heteroatoms. The number of rotatable bonds is 1. The first-order chi connectivity index (χ1) is 6.93. The molecule has 0 spiro atoms. The van der Waals surface area contributed by atoms with E-state index in [1.807, 2.05) is 5.51 Å². The van der Waals surface area contributed by atoms with E-state index in [1.54, 1.807) is 11.3 Å². The van der Waals surface area contributed by atoms with Crippen LogP contribution < -0.4 is 4.90 Å². The second kappa shape index (κ2) is 3.20. The van der Waals surface area contributed by atoms with Gasteiger partial charge in [0.15, 0.2) is 5.65 Å². The van der Waals surface area contributed by atoms with Crippen LogP contribution in [0, 0.1) is 0 Å². The van der Waals surface area contributed by atoms with Gasteiger partial charge in [-0.1, -0.05) is 0 Å². The fraction of sp³-hybridized carbons (Fsp3) is 0.400. The number of thiazole rings is 1. The number of hydrogen-bond acceptors (Lipinski definition) is 4. The van der Waals surface area contributed by atoms with Gasteiger partial charge < -0.3 is 4.90 Å². The first-order valence-corrected chi connectivity index (χ1v) is 5.77. The lowest BCUT2D eigenvalue weighted by Gasteiger charge is -2.15. The molecule has 2 aromatic rings. The molecule has 14 heavy (non-hydrogen) atoms.